The molecular formula is C13H12BrCl2NO2S2. The molecule has 0 aliphatic carbocycles. The van der Waals surface area contributed by atoms with Crippen molar-refractivity contribution in [3.63, 3.8) is 0 Å². The first-order valence-electron chi connectivity index (χ1n) is 5.88. The molecule has 0 unspecified atom stereocenters. The first-order valence-corrected chi connectivity index (χ1v) is 9.90. The fourth-order valence-corrected chi connectivity index (χ4v) is 4.81. The molecule has 21 heavy (non-hydrogen) atoms. The molecule has 0 amide bonds. The van der Waals surface area contributed by atoms with Gasteiger partial charge in [0.2, 0.25) is 10.0 Å². The zero-order valence-corrected chi connectivity index (χ0v) is 15.7. The van der Waals surface area contributed by atoms with E-state index >= 15 is 0 Å². The minimum Gasteiger partial charge on any atom is -0.207 e. The van der Waals surface area contributed by atoms with E-state index in [-0.39, 0.29) is 22.3 Å². The predicted octanol–water partition coefficient (Wildman–Crippen LogP) is 4.72. The highest BCUT2D eigenvalue weighted by molar-refractivity contribution is 9.11. The van der Waals surface area contributed by atoms with Gasteiger partial charge < -0.3 is 0 Å². The number of hydrogen-bond acceptors (Lipinski definition) is 3. The Balaban J connectivity index is 2.32. The van der Waals surface area contributed by atoms with Gasteiger partial charge in [0.05, 0.1) is 8.81 Å². The van der Waals surface area contributed by atoms with Gasteiger partial charge in [-0.25, -0.2) is 8.42 Å². The Morgan fingerprint density at radius 3 is 2.57 bits per heavy atom. The van der Waals surface area contributed by atoms with Gasteiger partial charge in [0, 0.05) is 19.5 Å². The molecule has 0 saturated carbocycles. The number of thiophene rings is 1. The number of halogens is 3. The van der Waals surface area contributed by atoms with E-state index in [1.807, 2.05) is 11.4 Å². The Bertz CT molecular complexity index is 746. The van der Waals surface area contributed by atoms with Crippen LogP contribution >= 0.6 is 50.5 Å². The number of rotatable bonds is 5. The van der Waals surface area contributed by atoms with Crippen LogP contribution in [-0.2, 0) is 22.4 Å². The summed E-state index contributed by atoms with van der Waals surface area (Å²) in [5.41, 5.74) is 1.63. The average molecular weight is 429 g/mol. The van der Waals surface area contributed by atoms with Crippen molar-refractivity contribution >= 4 is 60.5 Å². The SMILES string of the molecule is CN(Cc1csc(Br)c1)S(=O)(=O)c1cc(CCl)ccc1Cl. The molecule has 1 aromatic carbocycles. The zero-order chi connectivity index (χ0) is 15.6. The summed E-state index contributed by atoms with van der Waals surface area (Å²) < 4.78 is 27.5. The van der Waals surface area contributed by atoms with E-state index in [9.17, 15) is 8.42 Å². The third kappa shape index (κ3) is 4.00. The van der Waals surface area contributed by atoms with Crippen LogP contribution in [0.3, 0.4) is 0 Å². The molecule has 0 bridgehead atoms. The Morgan fingerprint density at radius 2 is 2.00 bits per heavy atom. The van der Waals surface area contributed by atoms with Gasteiger partial charge in [-0.3, -0.25) is 0 Å². The summed E-state index contributed by atoms with van der Waals surface area (Å²) in [5.74, 6) is 0.237. The molecule has 1 heterocycles. The van der Waals surface area contributed by atoms with Crippen LogP contribution in [0.1, 0.15) is 11.1 Å². The minimum absolute atomic E-state index is 0.0825. The summed E-state index contributed by atoms with van der Waals surface area (Å²) in [6, 6.07) is 6.68. The van der Waals surface area contributed by atoms with Crippen LogP contribution in [0.25, 0.3) is 0 Å². The second-order valence-corrected chi connectivity index (χ2v) is 9.40. The molecule has 0 N–H and O–H groups in total. The van der Waals surface area contributed by atoms with Crippen molar-refractivity contribution in [2.75, 3.05) is 7.05 Å². The lowest BCUT2D eigenvalue weighted by molar-refractivity contribution is 0.467. The summed E-state index contributed by atoms with van der Waals surface area (Å²) in [4.78, 5) is 0.0825. The standard InChI is InChI=1S/C13H12BrCl2NO2S2/c1-17(7-10-5-13(14)20-8-10)21(18,19)12-4-9(6-15)2-3-11(12)16/h2-5,8H,6-7H2,1H3. The molecule has 0 spiro atoms. The highest BCUT2D eigenvalue weighted by atomic mass is 79.9. The molecule has 2 aromatic rings. The summed E-state index contributed by atoms with van der Waals surface area (Å²) >= 11 is 16.7. The molecule has 0 radical (unpaired) electrons. The number of benzene rings is 1. The maximum absolute atomic E-state index is 12.6. The van der Waals surface area contributed by atoms with E-state index in [0.29, 0.717) is 5.56 Å². The molecule has 2 rings (SSSR count). The number of nitrogens with zero attached hydrogens (tertiary/aromatic N) is 1. The fraction of sp³-hybridized carbons (Fsp3) is 0.231. The molecule has 0 aliphatic rings. The third-order valence-corrected chi connectivity index (χ3v) is 7.01. The van der Waals surface area contributed by atoms with Crippen LogP contribution in [0.2, 0.25) is 5.02 Å². The molecule has 3 nitrogen and oxygen atoms in total. The van der Waals surface area contributed by atoms with Crippen molar-refractivity contribution in [1.82, 2.24) is 4.31 Å². The second kappa shape index (κ2) is 6.98. The van der Waals surface area contributed by atoms with Gasteiger partial charge in [-0.1, -0.05) is 17.7 Å². The molecule has 1 aromatic heterocycles. The van der Waals surface area contributed by atoms with Gasteiger partial charge in [-0.05, 0) is 50.6 Å². The molecule has 0 saturated heterocycles. The normalized spacial score (nSPS) is 12.0. The van der Waals surface area contributed by atoms with Crippen molar-refractivity contribution in [2.24, 2.45) is 0 Å². The first-order chi connectivity index (χ1) is 9.84. The van der Waals surface area contributed by atoms with Crippen molar-refractivity contribution in [1.29, 1.82) is 0 Å². The Labute approximate surface area is 146 Å². The van der Waals surface area contributed by atoms with Gasteiger partial charge >= 0.3 is 0 Å². The van der Waals surface area contributed by atoms with Gasteiger partial charge in [0.25, 0.3) is 0 Å². The second-order valence-electron chi connectivity index (χ2n) is 4.42. The maximum atomic E-state index is 12.6. The summed E-state index contributed by atoms with van der Waals surface area (Å²) in [6.07, 6.45) is 0. The van der Waals surface area contributed by atoms with Crippen LogP contribution in [0, 0.1) is 0 Å². The molecule has 0 fully saturated rings. The lowest BCUT2D eigenvalue weighted by Crippen LogP contribution is -2.26. The zero-order valence-electron chi connectivity index (χ0n) is 11.0. The van der Waals surface area contributed by atoms with Crippen molar-refractivity contribution in [2.45, 2.75) is 17.3 Å². The van der Waals surface area contributed by atoms with Gasteiger partial charge in [-0.15, -0.1) is 22.9 Å². The monoisotopic (exact) mass is 427 g/mol. The van der Waals surface area contributed by atoms with Crippen LogP contribution in [0.5, 0.6) is 0 Å². The maximum Gasteiger partial charge on any atom is 0.244 e. The van der Waals surface area contributed by atoms with Crippen LogP contribution in [0.4, 0.5) is 0 Å². The highest BCUT2D eigenvalue weighted by Gasteiger charge is 2.24. The largest absolute Gasteiger partial charge is 0.244 e. The number of alkyl halides is 1. The number of hydrogen-bond donors (Lipinski definition) is 0. The molecule has 0 aliphatic heterocycles. The molecule has 0 atom stereocenters. The summed E-state index contributed by atoms with van der Waals surface area (Å²) in [7, 11) is -2.13. The number of sulfonamides is 1. The van der Waals surface area contributed by atoms with E-state index in [1.165, 1.54) is 28.8 Å². The summed E-state index contributed by atoms with van der Waals surface area (Å²) in [5, 5.41) is 2.11. The predicted molar refractivity (Wildman–Crippen MR) is 91.7 cm³/mol. The van der Waals surface area contributed by atoms with Gasteiger partial charge in [0.1, 0.15) is 4.90 Å². The molecule has 114 valence electrons. The minimum atomic E-state index is -3.66. The first kappa shape index (κ1) is 17.2. The smallest absolute Gasteiger partial charge is 0.207 e. The molecule has 8 heteroatoms. The Hall–Kier alpha value is -0.110. The Morgan fingerprint density at radius 1 is 1.29 bits per heavy atom. The lowest BCUT2D eigenvalue weighted by Gasteiger charge is -2.18. The van der Waals surface area contributed by atoms with Gasteiger partial charge in [-0.2, -0.15) is 4.31 Å². The van der Waals surface area contributed by atoms with Crippen molar-refractivity contribution < 1.29 is 8.42 Å². The fourth-order valence-electron chi connectivity index (χ4n) is 1.77. The Kier molecular flexibility index (Phi) is 5.73. The third-order valence-electron chi connectivity index (χ3n) is 2.87. The van der Waals surface area contributed by atoms with E-state index in [0.717, 1.165) is 9.35 Å². The van der Waals surface area contributed by atoms with E-state index in [1.54, 1.807) is 12.1 Å². The summed E-state index contributed by atoms with van der Waals surface area (Å²) in [6.45, 7) is 0.284. The van der Waals surface area contributed by atoms with Crippen LogP contribution < -0.4 is 0 Å². The van der Waals surface area contributed by atoms with E-state index in [4.69, 9.17) is 23.2 Å². The highest BCUT2D eigenvalue weighted by Crippen LogP contribution is 2.28. The van der Waals surface area contributed by atoms with E-state index < -0.39 is 10.0 Å². The lowest BCUT2D eigenvalue weighted by atomic mass is 10.2. The molecular weight excluding hydrogens is 417 g/mol. The van der Waals surface area contributed by atoms with Crippen molar-refractivity contribution in [3.05, 3.63) is 49.6 Å². The van der Waals surface area contributed by atoms with Crippen LogP contribution in [-0.4, -0.2) is 19.8 Å². The van der Waals surface area contributed by atoms with E-state index in [2.05, 4.69) is 15.9 Å². The van der Waals surface area contributed by atoms with Gasteiger partial charge in [0.15, 0.2) is 0 Å². The quantitative estimate of drug-likeness (QED) is 0.645. The average Bonchev–Trinajstić information content (AvgIpc) is 2.84. The van der Waals surface area contributed by atoms with Crippen molar-refractivity contribution in [3.8, 4) is 0 Å². The topological polar surface area (TPSA) is 37.4 Å². The van der Waals surface area contributed by atoms with Crippen LogP contribution in [0.15, 0.2) is 38.3 Å².